The topological polar surface area (TPSA) is 0 Å². The highest BCUT2D eigenvalue weighted by Gasteiger charge is 1.67. The van der Waals surface area contributed by atoms with Gasteiger partial charge in [-0.3, -0.25) is 0 Å². The van der Waals surface area contributed by atoms with Crippen molar-refractivity contribution in [3.05, 3.63) is 11.6 Å². The largest absolute Gasteiger partial charge is 0.0862 e. The van der Waals surface area contributed by atoms with Gasteiger partial charge in [0.25, 0.3) is 0 Å². The van der Waals surface area contributed by atoms with Crippen LogP contribution in [0, 0.1) is 0 Å². The van der Waals surface area contributed by atoms with Crippen molar-refractivity contribution in [2.24, 2.45) is 0 Å². The second-order valence-electron chi connectivity index (χ2n) is 1.78. The van der Waals surface area contributed by atoms with E-state index in [4.69, 9.17) is 0 Å². The summed E-state index contributed by atoms with van der Waals surface area (Å²) in [5, 5.41) is 0. The minimum absolute atomic E-state index is 1.17. The van der Waals surface area contributed by atoms with Crippen molar-refractivity contribution < 1.29 is 0 Å². The Morgan fingerprint density at radius 1 is 1.56 bits per heavy atom. The van der Waals surface area contributed by atoms with Gasteiger partial charge in [0, 0.05) is 3.37 Å². The fourth-order valence-corrected chi connectivity index (χ4v) is 0.408. The van der Waals surface area contributed by atoms with Crippen molar-refractivity contribution >= 4 is 38.2 Å². The third-order valence-electron chi connectivity index (χ3n) is 0.612. The molecule has 54 valence electrons. The standard InChI is InChI=1S/C6H12.CHIS/c1-4-5-6(2)3;2-1-3/h5H,4H2,1-3H3;1H. The van der Waals surface area contributed by atoms with Crippen molar-refractivity contribution in [3.8, 4) is 0 Å². The van der Waals surface area contributed by atoms with Crippen molar-refractivity contribution in [2.75, 3.05) is 0 Å². The number of hydrogen-bond donors (Lipinski definition) is 0. The van der Waals surface area contributed by atoms with Crippen LogP contribution in [0.1, 0.15) is 27.2 Å². The fourth-order valence-electron chi connectivity index (χ4n) is 0.408. The molecule has 0 fully saturated rings. The van der Waals surface area contributed by atoms with E-state index in [2.05, 4.69) is 39.1 Å². The normalized spacial score (nSPS) is 6.67. The number of thiocarbonyl (C=S) groups is 1. The maximum absolute atomic E-state index is 4.26. The van der Waals surface area contributed by atoms with E-state index in [1.54, 1.807) is 3.37 Å². The first-order valence-corrected chi connectivity index (χ1v) is 4.57. The summed E-state index contributed by atoms with van der Waals surface area (Å²) in [5.41, 5.74) is 1.41. The van der Waals surface area contributed by atoms with Crippen LogP contribution in [0.3, 0.4) is 0 Å². The van der Waals surface area contributed by atoms with E-state index in [9.17, 15) is 0 Å². The van der Waals surface area contributed by atoms with E-state index in [0.29, 0.717) is 0 Å². The van der Waals surface area contributed by atoms with Gasteiger partial charge in [-0.1, -0.05) is 30.8 Å². The van der Waals surface area contributed by atoms with Crippen molar-refractivity contribution in [3.63, 3.8) is 0 Å². The van der Waals surface area contributed by atoms with E-state index in [-0.39, 0.29) is 0 Å². The molecule has 0 rings (SSSR count). The molecular weight excluding hydrogens is 243 g/mol. The van der Waals surface area contributed by atoms with Crippen LogP contribution in [0.15, 0.2) is 11.6 Å². The smallest absolute Gasteiger partial charge is 0.0399 e. The molecule has 0 atom stereocenters. The number of hydrogen-bond acceptors (Lipinski definition) is 1. The molecule has 0 bridgehead atoms. The Hall–Kier alpha value is 0.560. The van der Waals surface area contributed by atoms with Crippen LogP contribution >= 0.6 is 34.8 Å². The zero-order valence-electron chi connectivity index (χ0n) is 6.15. The van der Waals surface area contributed by atoms with Gasteiger partial charge in [-0.2, -0.15) is 0 Å². The van der Waals surface area contributed by atoms with Crippen LogP contribution in [-0.2, 0) is 0 Å². The summed E-state index contributed by atoms with van der Waals surface area (Å²) in [5.74, 6) is 0. The lowest BCUT2D eigenvalue weighted by Crippen LogP contribution is -1.58. The van der Waals surface area contributed by atoms with Gasteiger partial charge in [-0.15, -0.1) is 0 Å². The van der Waals surface area contributed by atoms with Gasteiger partial charge in [0.15, 0.2) is 0 Å². The van der Waals surface area contributed by atoms with Gasteiger partial charge in [0.05, 0.1) is 0 Å². The third kappa shape index (κ3) is 29.1. The summed E-state index contributed by atoms with van der Waals surface area (Å²) >= 11 is 6.23. The van der Waals surface area contributed by atoms with Gasteiger partial charge in [0.2, 0.25) is 0 Å². The average molecular weight is 256 g/mol. The van der Waals surface area contributed by atoms with Crippen LogP contribution in [0.2, 0.25) is 0 Å². The highest BCUT2D eigenvalue weighted by molar-refractivity contribution is 14.1. The first kappa shape index (κ1) is 12.3. The summed E-state index contributed by atoms with van der Waals surface area (Å²) in [6.45, 7) is 6.38. The number of rotatable bonds is 1. The molecule has 0 aliphatic rings. The summed E-state index contributed by atoms with van der Waals surface area (Å²) in [6.07, 6.45) is 3.38. The maximum atomic E-state index is 4.26. The summed E-state index contributed by atoms with van der Waals surface area (Å²) in [6, 6.07) is 0. The summed E-state index contributed by atoms with van der Waals surface area (Å²) in [4.78, 5) is 0. The van der Waals surface area contributed by atoms with Crippen molar-refractivity contribution in [2.45, 2.75) is 27.2 Å². The van der Waals surface area contributed by atoms with Gasteiger partial charge >= 0.3 is 0 Å². The zero-order chi connectivity index (χ0) is 7.70. The molecule has 0 aliphatic carbocycles. The third-order valence-corrected chi connectivity index (χ3v) is 0.612. The van der Waals surface area contributed by atoms with E-state index < -0.39 is 0 Å². The SMILES string of the molecule is CCC=C(C)C.S=CI. The van der Waals surface area contributed by atoms with Crippen molar-refractivity contribution in [1.29, 1.82) is 0 Å². The first-order valence-electron chi connectivity index (χ1n) is 2.86. The van der Waals surface area contributed by atoms with Gasteiger partial charge < -0.3 is 0 Å². The van der Waals surface area contributed by atoms with Crippen molar-refractivity contribution in [1.82, 2.24) is 0 Å². The molecule has 0 aromatic heterocycles. The zero-order valence-corrected chi connectivity index (χ0v) is 9.12. The lowest BCUT2D eigenvalue weighted by molar-refractivity contribution is 1.18. The molecule has 0 heterocycles. The average Bonchev–Trinajstić information content (AvgIpc) is 1.67. The Morgan fingerprint density at radius 3 is 1.89 bits per heavy atom. The van der Waals surface area contributed by atoms with Gasteiger partial charge in [-0.05, 0) is 42.9 Å². The number of halogens is 1. The molecule has 0 saturated heterocycles. The minimum atomic E-state index is 1.17. The molecule has 0 N–H and O–H groups in total. The Morgan fingerprint density at radius 2 is 1.89 bits per heavy atom. The lowest BCUT2D eigenvalue weighted by atomic mass is 10.3. The van der Waals surface area contributed by atoms with Gasteiger partial charge in [0.1, 0.15) is 0 Å². The molecule has 0 aromatic carbocycles. The van der Waals surface area contributed by atoms with Gasteiger partial charge in [-0.25, -0.2) is 0 Å². The Bertz CT molecular complexity index is 82.9. The second-order valence-corrected chi connectivity index (χ2v) is 3.48. The fraction of sp³-hybridized carbons (Fsp3) is 0.571. The Labute approximate surface area is 76.9 Å². The van der Waals surface area contributed by atoms with Crippen LogP contribution in [0.4, 0.5) is 0 Å². The van der Waals surface area contributed by atoms with Crippen LogP contribution in [-0.4, -0.2) is 3.37 Å². The summed E-state index contributed by atoms with van der Waals surface area (Å²) in [7, 11) is 0. The molecule has 0 aromatic rings. The minimum Gasteiger partial charge on any atom is -0.0862 e. The quantitative estimate of drug-likeness (QED) is 0.298. The predicted molar refractivity (Wildman–Crippen MR) is 57.4 cm³/mol. The molecule has 9 heavy (non-hydrogen) atoms. The molecule has 0 aliphatic heterocycles. The van der Waals surface area contributed by atoms with E-state index in [1.807, 2.05) is 22.6 Å². The molecule has 0 radical (unpaired) electrons. The van der Waals surface area contributed by atoms with Crippen LogP contribution in [0.5, 0.6) is 0 Å². The predicted octanol–water partition coefficient (Wildman–Crippen LogP) is 3.74. The second kappa shape index (κ2) is 11.4. The van der Waals surface area contributed by atoms with Crippen LogP contribution in [0.25, 0.3) is 0 Å². The molecule has 0 spiro atoms. The molecule has 0 unspecified atom stereocenters. The first-order chi connectivity index (χ1) is 4.18. The number of allylic oxidation sites excluding steroid dienone is 2. The maximum Gasteiger partial charge on any atom is 0.0399 e. The lowest BCUT2D eigenvalue weighted by Gasteiger charge is -1.80. The van der Waals surface area contributed by atoms with E-state index in [0.717, 1.165) is 0 Å². The molecule has 2 heteroatoms. The highest BCUT2D eigenvalue weighted by atomic mass is 127. The molecule has 0 saturated carbocycles. The van der Waals surface area contributed by atoms with E-state index >= 15 is 0 Å². The van der Waals surface area contributed by atoms with E-state index in [1.165, 1.54) is 12.0 Å². The molecule has 0 nitrogen and oxygen atoms in total. The monoisotopic (exact) mass is 256 g/mol. The molecule has 0 amide bonds. The Balaban J connectivity index is 0. The Kier molecular flexibility index (Phi) is 15.5. The molecular formula is C7H13IS. The highest BCUT2D eigenvalue weighted by Crippen LogP contribution is 1.89. The van der Waals surface area contributed by atoms with Crippen LogP contribution < -0.4 is 0 Å². The summed E-state index contributed by atoms with van der Waals surface area (Å²) < 4.78 is 1.55.